The van der Waals surface area contributed by atoms with E-state index in [0.29, 0.717) is 11.1 Å². The number of para-hydroxylation sites is 2. The lowest BCUT2D eigenvalue weighted by Crippen LogP contribution is -2.15. The highest BCUT2D eigenvalue weighted by Gasteiger charge is 2.14. The summed E-state index contributed by atoms with van der Waals surface area (Å²) >= 11 is 1.31. The van der Waals surface area contributed by atoms with Crippen LogP contribution in [-0.4, -0.2) is 43.5 Å². The number of aromatic amines is 1. The van der Waals surface area contributed by atoms with Crippen molar-refractivity contribution in [3.63, 3.8) is 0 Å². The van der Waals surface area contributed by atoms with Crippen molar-refractivity contribution in [3.05, 3.63) is 54.4 Å². The Balaban J connectivity index is 1.45. The summed E-state index contributed by atoms with van der Waals surface area (Å²) in [6, 6.07) is 15.2. The van der Waals surface area contributed by atoms with E-state index in [1.165, 1.54) is 11.8 Å². The van der Waals surface area contributed by atoms with E-state index >= 15 is 0 Å². The van der Waals surface area contributed by atoms with Gasteiger partial charge in [-0.25, -0.2) is 4.98 Å². The molecular formula is C19H18N6O2S. The van der Waals surface area contributed by atoms with Crippen molar-refractivity contribution in [2.45, 2.75) is 12.1 Å². The maximum absolute atomic E-state index is 12.3. The zero-order valence-corrected chi connectivity index (χ0v) is 16.2. The molecule has 0 saturated heterocycles. The number of thioether (sulfide) groups is 1. The molecule has 8 nitrogen and oxygen atoms in total. The number of fused-ring (bicyclic) bond motifs is 1. The summed E-state index contributed by atoms with van der Waals surface area (Å²) in [6.07, 6.45) is 0. The Hall–Kier alpha value is -3.33. The third kappa shape index (κ3) is 3.70. The number of imidazole rings is 1. The Morgan fingerprint density at radius 1 is 1.18 bits per heavy atom. The highest BCUT2D eigenvalue weighted by Crippen LogP contribution is 2.23. The lowest BCUT2D eigenvalue weighted by molar-refractivity contribution is -0.113. The summed E-state index contributed by atoms with van der Waals surface area (Å²) in [4.78, 5) is 19.8. The van der Waals surface area contributed by atoms with E-state index in [4.69, 9.17) is 4.74 Å². The lowest BCUT2D eigenvalue weighted by Gasteiger charge is -2.09. The summed E-state index contributed by atoms with van der Waals surface area (Å²) < 4.78 is 7.10. The van der Waals surface area contributed by atoms with Gasteiger partial charge in [0, 0.05) is 5.69 Å². The SMILES string of the molecule is COc1ccc(-n2c(C)nnc2SCC(=O)Nc2nc3ccccc3[nH]2)cc1. The molecule has 0 spiro atoms. The number of rotatable bonds is 6. The molecule has 0 unspecified atom stereocenters. The summed E-state index contributed by atoms with van der Waals surface area (Å²) in [5, 5.41) is 11.8. The molecule has 2 N–H and O–H groups in total. The fourth-order valence-electron chi connectivity index (χ4n) is 2.78. The van der Waals surface area contributed by atoms with Crippen LogP contribution in [0.5, 0.6) is 5.75 Å². The monoisotopic (exact) mass is 394 g/mol. The number of hydrogen-bond acceptors (Lipinski definition) is 6. The van der Waals surface area contributed by atoms with E-state index in [2.05, 4.69) is 25.5 Å². The van der Waals surface area contributed by atoms with Crippen LogP contribution in [0.3, 0.4) is 0 Å². The molecule has 2 heterocycles. The normalized spacial score (nSPS) is 10.9. The molecule has 2 aromatic carbocycles. The Labute approximate surface area is 165 Å². The molecule has 4 rings (SSSR count). The molecule has 0 aliphatic heterocycles. The number of ether oxygens (including phenoxy) is 1. The predicted molar refractivity (Wildman–Crippen MR) is 108 cm³/mol. The summed E-state index contributed by atoms with van der Waals surface area (Å²) in [7, 11) is 1.63. The first kappa shape index (κ1) is 18.1. The average Bonchev–Trinajstić information content (AvgIpc) is 3.29. The van der Waals surface area contributed by atoms with Crippen LogP contribution in [0.2, 0.25) is 0 Å². The first-order valence-corrected chi connectivity index (χ1v) is 9.56. The second kappa shape index (κ2) is 7.73. The molecule has 0 bridgehead atoms. The second-order valence-corrected chi connectivity index (χ2v) is 6.95. The molecule has 0 atom stereocenters. The van der Waals surface area contributed by atoms with Crippen LogP contribution in [0.25, 0.3) is 16.7 Å². The number of aryl methyl sites for hydroxylation is 1. The van der Waals surface area contributed by atoms with Gasteiger partial charge in [0.05, 0.1) is 23.9 Å². The first-order valence-electron chi connectivity index (χ1n) is 8.58. The van der Waals surface area contributed by atoms with Gasteiger partial charge in [-0.05, 0) is 43.3 Å². The van der Waals surface area contributed by atoms with Gasteiger partial charge in [-0.3, -0.25) is 14.7 Å². The molecule has 28 heavy (non-hydrogen) atoms. The minimum atomic E-state index is -0.175. The second-order valence-electron chi connectivity index (χ2n) is 6.00. The van der Waals surface area contributed by atoms with Crippen molar-refractivity contribution in [3.8, 4) is 11.4 Å². The fraction of sp³-hybridized carbons (Fsp3) is 0.158. The van der Waals surface area contributed by atoms with E-state index < -0.39 is 0 Å². The molecule has 2 aromatic heterocycles. The van der Waals surface area contributed by atoms with Crippen LogP contribution < -0.4 is 10.1 Å². The zero-order valence-electron chi connectivity index (χ0n) is 15.3. The highest BCUT2D eigenvalue weighted by atomic mass is 32.2. The maximum atomic E-state index is 12.3. The van der Waals surface area contributed by atoms with Crippen molar-refractivity contribution in [2.75, 3.05) is 18.2 Å². The maximum Gasteiger partial charge on any atom is 0.237 e. The van der Waals surface area contributed by atoms with Gasteiger partial charge in [-0.2, -0.15) is 0 Å². The third-order valence-electron chi connectivity index (χ3n) is 4.11. The van der Waals surface area contributed by atoms with Crippen LogP contribution in [0.1, 0.15) is 5.82 Å². The molecule has 0 fully saturated rings. The van der Waals surface area contributed by atoms with Gasteiger partial charge in [0.2, 0.25) is 11.9 Å². The van der Waals surface area contributed by atoms with Crippen LogP contribution in [0.15, 0.2) is 53.7 Å². The van der Waals surface area contributed by atoms with Crippen molar-refractivity contribution in [1.29, 1.82) is 0 Å². The van der Waals surface area contributed by atoms with Crippen molar-refractivity contribution < 1.29 is 9.53 Å². The van der Waals surface area contributed by atoms with Crippen molar-refractivity contribution >= 4 is 34.7 Å². The Morgan fingerprint density at radius 3 is 2.71 bits per heavy atom. The minimum absolute atomic E-state index is 0.175. The fourth-order valence-corrected chi connectivity index (χ4v) is 3.57. The number of anilines is 1. The van der Waals surface area contributed by atoms with E-state index in [0.717, 1.165) is 28.3 Å². The van der Waals surface area contributed by atoms with Gasteiger partial charge in [-0.15, -0.1) is 10.2 Å². The largest absolute Gasteiger partial charge is 0.497 e. The van der Waals surface area contributed by atoms with Gasteiger partial charge in [-0.1, -0.05) is 23.9 Å². The van der Waals surface area contributed by atoms with Gasteiger partial charge < -0.3 is 9.72 Å². The summed E-state index contributed by atoms with van der Waals surface area (Å²) in [6.45, 7) is 1.87. The third-order valence-corrected chi connectivity index (χ3v) is 5.03. The average molecular weight is 394 g/mol. The number of benzene rings is 2. The topological polar surface area (TPSA) is 97.7 Å². The number of aromatic nitrogens is 5. The number of hydrogen-bond donors (Lipinski definition) is 2. The lowest BCUT2D eigenvalue weighted by atomic mass is 10.3. The molecule has 4 aromatic rings. The van der Waals surface area contributed by atoms with E-state index in [9.17, 15) is 4.79 Å². The van der Waals surface area contributed by atoms with E-state index in [1.54, 1.807) is 7.11 Å². The number of methoxy groups -OCH3 is 1. The molecular weight excluding hydrogens is 376 g/mol. The number of nitrogens with zero attached hydrogens (tertiary/aromatic N) is 4. The van der Waals surface area contributed by atoms with Crippen LogP contribution in [0.4, 0.5) is 5.95 Å². The summed E-state index contributed by atoms with van der Waals surface area (Å²) in [5.41, 5.74) is 2.59. The van der Waals surface area contributed by atoms with E-state index in [-0.39, 0.29) is 11.7 Å². The Morgan fingerprint density at radius 2 is 1.96 bits per heavy atom. The van der Waals surface area contributed by atoms with Gasteiger partial charge in [0.25, 0.3) is 0 Å². The number of nitrogens with one attached hydrogen (secondary N) is 2. The predicted octanol–water partition coefficient (Wildman–Crippen LogP) is 3.19. The smallest absolute Gasteiger partial charge is 0.237 e. The zero-order chi connectivity index (χ0) is 19.5. The molecule has 0 saturated carbocycles. The van der Waals surface area contributed by atoms with Crippen LogP contribution in [0, 0.1) is 6.92 Å². The quantitative estimate of drug-likeness (QED) is 0.488. The summed E-state index contributed by atoms with van der Waals surface area (Å²) in [5.74, 6) is 1.95. The molecule has 1 amide bonds. The molecule has 9 heteroatoms. The Kier molecular flexibility index (Phi) is 4.98. The number of carbonyl (C=O) groups is 1. The van der Waals surface area contributed by atoms with Crippen molar-refractivity contribution in [2.24, 2.45) is 0 Å². The number of amides is 1. The molecule has 0 radical (unpaired) electrons. The highest BCUT2D eigenvalue weighted by molar-refractivity contribution is 7.99. The first-order chi connectivity index (χ1) is 13.6. The minimum Gasteiger partial charge on any atom is -0.497 e. The van der Waals surface area contributed by atoms with Crippen LogP contribution >= 0.6 is 11.8 Å². The van der Waals surface area contributed by atoms with Gasteiger partial charge >= 0.3 is 0 Å². The van der Waals surface area contributed by atoms with Gasteiger partial charge in [0.1, 0.15) is 11.6 Å². The number of H-pyrrole nitrogens is 1. The van der Waals surface area contributed by atoms with Gasteiger partial charge in [0.15, 0.2) is 5.16 Å². The van der Waals surface area contributed by atoms with Crippen molar-refractivity contribution in [1.82, 2.24) is 24.7 Å². The molecule has 0 aliphatic rings. The van der Waals surface area contributed by atoms with E-state index in [1.807, 2.05) is 60.0 Å². The Bertz CT molecular complexity index is 1090. The molecule has 142 valence electrons. The standard InChI is InChI=1S/C19H18N6O2S/c1-12-23-24-19(25(12)13-7-9-14(27-2)10-8-13)28-11-17(26)22-18-20-15-5-3-4-6-16(15)21-18/h3-10H,11H2,1-2H3,(H2,20,21,22,26). The molecule has 0 aliphatic carbocycles. The number of carbonyl (C=O) groups excluding carboxylic acids is 1. The van der Waals surface area contributed by atoms with Crippen LogP contribution in [-0.2, 0) is 4.79 Å².